The summed E-state index contributed by atoms with van der Waals surface area (Å²) < 4.78 is 7.74. The quantitative estimate of drug-likeness (QED) is 0.395. The molecule has 0 unspecified atom stereocenters. The standard InChI is InChI=1S/C29H35N5O2/c1-3-4-5-7-25-8-6-9-27(36-2)28(25)29(35)33-16-14-32(15-17-33)21-26-19-31-22-34(26)20-24-12-10-23(18-30)11-13-24/h6,8-13,19,22H,3-5,7,14-17,20-21H2,1-2H3. The second kappa shape index (κ2) is 12.4. The highest BCUT2D eigenvalue weighted by molar-refractivity contribution is 5.98. The van der Waals surface area contributed by atoms with Gasteiger partial charge in [0.2, 0.25) is 0 Å². The van der Waals surface area contributed by atoms with Gasteiger partial charge < -0.3 is 14.2 Å². The number of unbranched alkanes of at least 4 members (excludes halogenated alkanes) is 2. The molecule has 2 aromatic carbocycles. The van der Waals surface area contributed by atoms with Crippen LogP contribution in [0.15, 0.2) is 55.0 Å². The second-order valence-corrected chi connectivity index (χ2v) is 9.34. The van der Waals surface area contributed by atoms with Gasteiger partial charge in [-0.2, -0.15) is 5.26 Å². The number of benzene rings is 2. The number of hydrogen-bond acceptors (Lipinski definition) is 5. The summed E-state index contributed by atoms with van der Waals surface area (Å²) >= 11 is 0. The third-order valence-electron chi connectivity index (χ3n) is 6.88. The van der Waals surface area contributed by atoms with E-state index in [9.17, 15) is 4.79 Å². The molecule has 0 aliphatic carbocycles. The minimum absolute atomic E-state index is 0.0736. The number of amides is 1. The van der Waals surface area contributed by atoms with Crippen LogP contribution in [0.1, 0.15) is 58.9 Å². The average molecular weight is 486 g/mol. The van der Waals surface area contributed by atoms with Crippen molar-refractivity contribution in [3.8, 4) is 11.8 Å². The largest absolute Gasteiger partial charge is 0.496 e. The van der Waals surface area contributed by atoms with E-state index in [0.717, 1.165) is 67.7 Å². The van der Waals surface area contributed by atoms with Crippen LogP contribution in [0.5, 0.6) is 5.75 Å². The lowest BCUT2D eigenvalue weighted by atomic mass is 9.99. The lowest BCUT2D eigenvalue weighted by Crippen LogP contribution is -2.48. The van der Waals surface area contributed by atoms with Gasteiger partial charge in [-0.3, -0.25) is 9.69 Å². The van der Waals surface area contributed by atoms with Crippen LogP contribution in [-0.2, 0) is 19.5 Å². The molecular formula is C29H35N5O2. The van der Waals surface area contributed by atoms with Crippen molar-refractivity contribution < 1.29 is 9.53 Å². The zero-order valence-corrected chi connectivity index (χ0v) is 21.3. The minimum atomic E-state index is 0.0736. The normalized spacial score (nSPS) is 14.0. The van der Waals surface area contributed by atoms with E-state index < -0.39 is 0 Å². The first-order valence-electron chi connectivity index (χ1n) is 12.8. The molecule has 1 aliphatic rings. The molecular weight excluding hydrogens is 450 g/mol. The van der Waals surface area contributed by atoms with Gasteiger partial charge >= 0.3 is 0 Å². The maximum absolute atomic E-state index is 13.6. The SMILES string of the molecule is CCCCCc1cccc(OC)c1C(=O)N1CCN(Cc2cncn2Cc2ccc(C#N)cc2)CC1. The first kappa shape index (κ1) is 25.5. The van der Waals surface area contributed by atoms with Gasteiger partial charge in [0.25, 0.3) is 5.91 Å². The molecule has 1 aliphatic heterocycles. The number of ether oxygens (including phenoxy) is 1. The monoisotopic (exact) mass is 485 g/mol. The summed E-state index contributed by atoms with van der Waals surface area (Å²) in [7, 11) is 1.64. The van der Waals surface area contributed by atoms with Crippen LogP contribution in [0.3, 0.4) is 0 Å². The molecule has 1 amide bonds. The van der Waals surface area contributed by atoms with Crippen LogP contribution in [0, 0.1) is 11.3 Å². The van der Waals surface area contributed by atoms with Crippen molar-refractivity contribution in [2.24, 2.45) is 0 Å². The average Bonchev–Trinajstić information content (AvgIpc) is 3.35. The number of carbonyl (C=O) groups is 1. The fourth-order valence-electron chi connectivity index (χ4n) is 4.76. The first-order valence-corrected chi connectivity index (χ1v) is 12.8. The third kappa shape index (κ3) is 6.13. The molecule has 1 aromatic heterocycles. The van der Waals surface area contributed by atoms with Crippen LogP contribution in [0.4, 0.5) is 0 Å². The summed E-state index contributed by atoms with van der Waals surface area (Å²) in [6.07, 6.45) is 8.06. The van der Waals surface area contributed by atoms with E-state index in [0.29, 0.717) is 30.9 Å². The van der Waals surface area contributed by atoms with Crippen LogP contribution < -0.4 is 4.74 Å². The van der Waals surface area contributed by atoms with Crippen LogP contribution in [-0.4, -0.2) is 58.5 Å². The van der Waals surface area contributed by atoms with Crippen molar-refractivity contribution in [2.45, 2.75) is 45.7 Å². The highest BCUT2D eigenvalue weighted by atomic mass is 16.5. The van der Waals surface area contributed by atoms with Gasteiger partial charge in [-0.15, -0.1) is 0 Å². The molecule has 0 atom stereocenters. The molecule has 0 saturated carbocycles. The summed E-state index contributed by atoms with van der Waals surface area (Å²) in [5, 5.41) is 9.01. The van der Waals surface area contributed by atoms with E-state index in [1.54, 1.807) is 7.11 Å². The van der Waals surface area contributed by atoms with Gasteiger partial charge in [0, 0.05) is 45.5 Å². The molecule has 1 fully saturated rings. The molecule has 3 aromatic rings. The molecule has 1 saturated heterocycles. The van der Waals surface area contributed by atoms with Gasteiger partial charge in [0.1, 0.15) is 5.75 Å². The molecule has 0 bridgehead atoms. The Bertz CT molecular complexity index is 1190. The highest BCUT2D eigenvalue weighted by Gasteiger charge is 2.26. The number of nitrogens with zero attached hydrogens (tertiary/aromatic N) is 5. The van der Waals surface area contributed by atoms with Crippen molar-refractivity contribution in [1.29, 1.82) is 5.26 Å². The number of methoxy groups -OCH3 is 1. The van der Waals surface area contributed by atoms with E-state index in [2.05, 4.69) is 33.5 Å². The predicted molar refractivity (Wildman–Crippen MR) is 140 cm³/mol. The lowest BCUT2D eigenvalue weighted by Gasteiger charge is -2.35. The highest BCUT2D eigenvalue weighted by Crippen LogP contribution is 2.26. The Hall–Kier alpha value is -3.63. The van der Waals surface area contributed by atoms with Crippen molar-refractivity contribution >= 4 is 5.91 Å². The van der Waals surface area contributed by atoms with E-state index in [1.807, 2.05) is 53.8 Å². The molecule has 0 radical (unpaired) electrons. The van der Waals surface area contributed by atoms with Gasteiger partial charge in [-0.25, -0.2) is 4.98 Å². The number of rotatable bonds is 10. The molecule has 7 nitrogen and oxygen atoms in total. The Balaban J connectivity index is 1.37. The number of aromatic nitrogens is 2. The number of aryl methyl sites for hydroxylation is 1. The zero-order chi connectivity index (χ0) is 25.3. The smallest absolute Gasteiger partial charge is 0.257 e. The molecule has 188 valence electrons. The molecule has 2 heterocycles. The number of carbonyl (C=O) groups excluding carboxylic acids is 1. The Labute approximate surface area is 213 Å². The third-order valence-corrected chi connectivity index (χ3v) is 6.88. The molecule has 4 rings (SSSR count). The maximum atomic E-state index is 13.6. The van der Waals surface area contributed by atoms with Crippen LogP contribution >= 0.6 is 0 Å². The van der Waals surface area contributed by atoms with Gasteiger partial charge in [-0.1, -0.05) is 44.0 Å². The summed E-state index contributed by atoms with van der Waals surface area (Å²) in [6, 6.07) is 15.8. The van der Waals surface area contributed by atoms with E-state index in [-0.39, 0.29) is 5.91 Å². The minimum Gasteiger partial charge on any atom is -0.496 e. The zero-order valence-electron chi connectivity index (χ0n) is 21.3. The van der Waals surface area contributed by atoms with E-state index in [4.69, 9.17) is 10.00 Å². The number of nitriles is 1. The Kier molecular flexibility index (Phi) is 8.75. The van der Waals surface area contributed by atoms with Crippen molar-refractivity contribution in [3.63, 3.8) is 0 Å². The number of hydrogen-bond donors (Lipinski definition) is 0. The lowest BCUT2D eigenvalue weighted by molar-refractivity contribution is 0.0621. The Morgan fingerprint density at radius 3 is 2.53 bits per heavy atom. The fraction of sp³-hybridized carbons (Fsp3) is 0.414. The molecule has 0 spiro atoms. The number of piperazine rings is 1. The van der Waals surface area contributed by atoms with Crippen molar-refractivity contribution in [1.82, 2.24) is 19.4 Å². The van der Waals surface area contributed by atoms with E-state index in [1.165, 1.54) is 0 Å². The van der Waals surface area contributed by atoms with Crippen molar-refractivity contribution in [3.05, 3.63) is 82.9 Å². The first-order chi connectivity index (χ1) is 17.6. The predicted octanol–water partition coefficient (Wildman–Crippen LogP) is 4.50. The summed E-state index contributed by atoms with van der Waals surface area (Å²) in [5.41, 5.74) is 4.75. The van der Waals surface area contributed by atoms with E-state index >= 15 is 0 Å². The summed E-state index contributed by atoms with van der Waals surface area (Å²) in [6.45, 7) is 6.70. The van der Waals surface area contributed by atoms with Crippen molar-refractivity contribution in [2.75, 3.05) is 33.3 Å². The Morgan fingerprint density at radius 1 is 1.06 bits per heavy atom. The molecule has 36 heavy (non-hydrogen) atoms. The van der Waals surface area contributed by atoms with Gasteiger partial charge in [0.05, 0.1) is 36.3 Å². The van der Waals surface area contributed by atoms with Crippen LogP contribution in [0.2, 0.25) is 0 Å². The topological polar surface area (TPSA) is 74.4 Å². The second-order valence-electron chi connectivity index (χ2n) is 9.34. The Morgan fingerprint density at radius 2 is 1.83 bits per heavy atom. The molecule has 0 N–H and O–H groups in total. The molecule has 7 heteroatoms. The summed E-state index contributed by atoms with van der Waals surface area (Å²) in [4.78, 5) is 22.3. The van der Waals surface area contributed by atoms with Crippen LogP contribution in [0.25, 0.3) is 0 Å². The van der Waals surface area contributed by atoms with Gasteiger partial charge in [0.15, 0.2) is 0 Å². The fourth-order valence-corrected chi connectivity index (χ4v) is 4.76. The number of imidazole rings is 1. The van der Waals surface area contributed by atoms with Gasteiger partial charge in [-0.05, 0) is 42.2 Å². The summed E-state index contributed by atoms with van der Waals surface area (Å²) in [5.74, 6) is 0.743. The maximum Gasteiger partial charge on any atom is 0.257 e.